The van der Waals surface area contributed by atoms with Gasteiger partial charge in [0, 0.05) is 5.69 Å². The highest BCUT2D eigenvalue weighted by Gasteiger charge is 2.54. The first-order chi connectivity index (χ1) is 15.6. The molecule has 0 saturated heterocycles. The molecule has 32 heavy (non-hydrogen) atoms. The fourth-order valence-corrected chi connectivity index (χ4v) is 6.70. The lowest BCUT2D eigenvalue weighted by molar-refractivity contribution is -0.144. The van der Waals surface area contributed by atoms with Crippen LogP contribution in [0.5, 0.6) is 0 Å². The van der Waals surface area contributed by atoms with Gasteiger partial charge in [0.2, 0.25) is 5.91 Å². The minimum absolute atomic E-state index is 0.108. The lowest BCUT2D eigenvalue weighted by Crippen LogP contribution is -2.55. The van der Waals surface area contributed by atoms with Gasteiger partial charge in [-0.2, -0.15) is 0 Å². The molecule has 2 heterocycles. The first kappa shape index (κ1) is 19.7. The van der Waals surface area contributed by atoms with E-state index >= 15 is 0 Å². The second-order valence-electron chi connectivity index (χ2n) is 9.66. The van der Waals surface area contributed by atoms with E-state index in [2.05, 4.69) is 20.9 Å². The van der Waals surface area contributed by atoms with E-state index in [9.17, 15) is 4.79 Å². The second kappa shape index (κ2) is 7.55. The van der Waals surface area contributed by atoms with E-state index in [0.29, 0.717) is 10.9 Å². The topological polar surface area (TPSA) is 85.0 Å². The third kappa shape index (κ3) is 3.43. The van der Waals surface area contributed by atoms with Crippen molar-refractivity contribution < 1.29 is 9.21 Å². The fourth-order valence-electron chi connectivity index (χ4n) is 6.49. The van der Waals surface area contributed by atoms with Crippen molar-refractivity contribution in [2.75, 3.05) is 5.32 Å². The molecule has 4 fully saturated rings. The Labute approximate surface area is 191 Å². The summed E-state index contributed by atoms with van der Waals surface area (Å²) in [6.45, 7) is 0. The van der Waals surface area contributed by atoms with Crippen LogP contribution in [0, 0.1) is 23.2 Å². The monoisotopic (exact) mass is 447 g/mol. The van der Waals surface area contributed by atoms with E-state index in [0.717, 1.165) is 54.1 Å². The molecule has 0 spiro atoms. The van der Waals surface area contributed by atoms with Crippen LogP contribution in [-0.2, 0) is 4.79 Å². The summed E-state index contributed by atoms with van der Waals surface area (Å²) in [5.41, 5.74) is 2.22. The van der Waals surface area contributed by atoms with Crippen molar-refractivity contribution in [1.29, 1.82) is 0 Å². The Bertz CT molecular complexity index is 1120. The number of furan rings is 1. The average Bonchev–Trinajstić information content (AvgIpc) is 3.45. The largest absolute Gasteiger partial charge is 0.463 e. The molecular formula is C24H25N5O2S. The number of anilines is 1. The zero-order chi connectivity index (χ0) is 21.7. The Morgan fingerprint density at radius 1 is 1.06 bits per heavy atom. The van der Waals surface area contributed by atoms with Crippen LogP contribution < -0.4 is 10.6 Å². The van der Waals surface area contributed by atoms with Crippen molar-refractivity contribution in [3.05, 3.63) is 48.9 Å². The van der Waals surface area contributed by atoms with Crippen LogP contribution in [0.4, 0.5) is 5.69 Å². The molecule has 1 aromatic carbocycles. The number of carbonyl (C=O) groups is 1. The molecule has 1 amide bonds. The van der Waals surface area contributed by atoms with Gasteiger partial charge in [0.15, 0.2) is 10.9 Å². The molecule has 7 rings (SSSR count). The van der Waals surface area contributed by atoms with Gasteiger partial charge in [-0.3, -0.25) is 4.79 Å². The molecule has 4 saturated carbocycles. The number of carbonyl (C=O) groups excluding carboxylic acids is 1. The second-order valence-corrected chi connectivity index (χ2v) is 10.1. The van der Waals surface area contributed by atoms with Crippen LogP contribution in [0.1, 0.15) is 38.5 Å². The number of hydrogen-bond acceptors (Lipinski definition) is 5. The van der Waals surface area contributed by atoms with E-state index in [4.69, 9.17) is 16.6 Å². The van der Waals surface area contributed by atoms with Gasteiger partial charge in [0.1, 0.15) is 5.69 Å². The van der Waals surface area contributed by atoms with Crippen molar-refractivity contribution in [1.82, 2.24) is 20.3 Å². The highest BCUT2D eigenvalue weighted by molar-refractivity contribution is 7.80. The zero-order valence-corrected chi connectivity index (χ0v) is 18.5. The van der Waals surface area contributed by atoms with Crippen LogP contribution >= 0.6 is 12.2 Å². The summed E-state index contributed by atoms with van der Waals surface area (Å²) in [6, 6.07) is 11.4. The molecule has 2 aromatic heterocycles. The van der Waals surface area contributed by atoms with Crippen LogP contribution in [0.15, 0.2) is 53.3 Å². The van der Waals surface area contributed by atoms with E-state index in [1.54, 1.807) is 17.1 Å². The number of nitrogens with one attached hydrogen (secondary N) is 2. The van der Waals surface area contributed by atoms with Crippen molar-refractivity contribution in [2.24, 2.45) is 23.2 Å². The van der Waals surface area contributed by atoms with E-state index in [1.165, 1.54) is 19.3 Å². The number of aromatic nitrogens is 3. The molecule has 0 radical (unpaired) electrons. The predicted molar refractivity (Wildman–Crippen MR) is 124 cm³/mol. The van der Waals surface area contributed by atoms with Crippen molar-refractivity contribution in [3.63, 3.8) is 0 Å². The Balaban J connectivity index is 1.12. The van der Waals surface area contributed by atoms with Crippen LogP contribution in [0.25, 0.3) is 17.1 Å². The number of rotatable bonds is 4. The van der Waals surface area contributed by atoms with Gasteiger partial charge in [-0.25, -0.2) is 4.68 Å². The smallest absolute Gasteiger partial charge is 0.232 e. The van der Waals surface area contributed by atoms with Gasteiger partial charge in [0.05, 0.1) is 23.6 Å². The number of thiocarbonyl (C=S) groups is 1. The molecule has 0 aliphatic heterocycles. The van der Waals surface area contributed by atoms with E-state index < -0.39 is 0 Å². The molecule has 8 heteroatoms. The summed E-state index contributed by atoms with van der Waals surface area (Å²) in [4.78, 5) is 13.2. The molecule has 0 atom stereocenters. The predicted octanol–water partition coefficient (Wildman–Crippen LogP) is 4.56. The quantitative estimate of drug-likeness (QED) is 0.571. The van der Waals surface area contributed by atoms with Gasteiger partial charge in [-0.1, -0.05) is 5.21 Å². The summed E-state index contributed by atoms with van der Waals surface area (Å²) in [5.74, 6) is 2.99. The highest BCUT2D eigenvalue weighted by atomic mass is 32.1. The maximum atomic E-state index is 13.2. The zero-order valence-electron chi connectivity index (χ0n) is 17.7. The minimum Gasteiger partial charge on any atom is -0.463 e. The minimum atomic E-state index is -0.209. The van der Waals surface area contributed by atoms with Crippen LogP contribution in [-0.4, -0.2) is 26.0 Å². The molecule has 2 N–H and O–H groups in total. The molecule has 4 aliphatic rings. The standard InChI is InChI=1S/C24H25N5O2S/c30-22(24-11-15-8-16(12-24)10-17(9-15)13-24)27-23(32)26-18-3-5-19(6-4-18)29-20(14-25-28-29)21-2-1-7-31-21/h1-7,14-17H,8-13H2,(H2,26,27,30,32). The molecule has 0 unspecified atom stereocenters. The van der Waals surface area contributed by atoms with Gasteiger partial charge in [-0.05, 0) is 105 Å². The van der Waals surface area contributed by atoms with Gasteiger partial charge < -0.3 is 15.1 Å². The Kier molecular flexibility index (Phi) is 4.64. The van der Waals surface area contributed by atoms with Gasteiger partial charge in [0.25, 0.3) is 0 Å². The maximum Gasteiger partial charge on any atom is 0.232 e. The van der Waals surface area contributed by atoms with Crippen LogP contribution in [0.3, 0.4) is 0 Å². The van der Waals surface area contributed by atoms with Gasteiger partial charge >= 0.3 is 0 Å². The highest BCUT2D eigenvalue weighted by Crippen LogP contribution is 2.60. The maximum absolute atomic E-state index is 13.2. The Hall–Kier alpha value is -3.00. The van der Waals surface area contributed by atoms with Gasteiger partial charge in [-0.15, -0.1) is 5.10 Å². The third-order valence-corrected chi connectivity index (χ3v) is 7.64. The SMILES string of the molecule is O=C(NC(=S)Nc1ccc(-n2nncc2-c2ccco2)cc1)C12CC3CC(CC(C3)C1)C2. The van der Waals surface area contributed by atoms with E-state index in [1.807, 2.05) is 36.4 Å². The Morgan fingerprint density at radius 3 is 2.38 bits per heavy atom. The lowest BCUT2D eigenvalue weighted by atomic mass is 9.49. The number of nitrogens with zero attached hydrogens (tertiary/aromatic N) is 3. The number of hydrogen-bond donors (Lipinski definition) is 2. The van der Waals surface area contributed by atoms with Crippen LogP contribution in [0.2, 0.25) is 0 Å². The van der Waals surface area contributed by atoms with E-state index in [-0.39, 0.29) is 11.3 Å². The van der Waals surface area contributed by atoms with Crippen molar-refractivity contribution in [2.45, 2.75) is 38.5 Å². The first-order valence-electron chi connectivity index (χ1n) is 11.3. The first-order valence-corrected chi connectivity index (χ1v) is 11.7. The fraction of sp³-hybridized carbons (Fsp3) is 0.417. The number of benzene rings is 1. The third-order valence-electron chi connectivity index (χ3n) is 7.44. The summed E-state index contributed by atoms with van der Waals surface area (Å²) in [7, 11) is 0. The Morgan fingerprint density at radius 2 is 1.75 bits per heavy atom. The normalized spacial score (nSPS) is 27.9. The molecular weight excluding hydrogens is 422 g/mol. The lowest BCUT2D eigenvalue weighted by Gasteiger charge is -2.55. The van der Waals surface area contributed by atoms with Crippen molar-refractivity contribution in [3.8, 4) is 17.1 Å². The summed E-state index contributed by atoms with van der Waals surface area (Å²) < 4.78 is 7.19. The number of amides is 1. The molecule has 4 aliphatic carbocycles. The molecule has 164 valence electrons. The van der Waals surface area contributed by atoms with Crippen molar-refractivity contribution >= 4 is 28.9 Å². The average molecular weight is 448 g/mol. The molecule has 7 nitrogen and oxygen atoms in total. The summed E-state index contributed by atoms with van der Waals surface area (Å²) >= 11 is 5.47. The molecule has 4 bridgehead atoms. The summed E-state index contributed by atoms with van der Waals surface area (Å²) in [6.07, 6.45) is 10.3. The molecule has 3 aromatic rings. The summed E-state index contributed by atoms with van der Waals surface area (Å²) in [5, 5.41) is 14.7.